The second kappa shape index (κ2) is 6.56. The van der Waals surface area contributed by atoms with Gasteiger partial charge in [0.15, 0.2) is 0 Å². The SMILES string of the molecule is CC(C)OCCNc1ncc(Br)cc1C(=O)O. The number of nitrogens with zero attached hydrogens (tertiary/aromatic N) is 1. The van der Waals surface area contributed by atoms with E-state index in [1.54, 1.807) is 6.20 Å². The Morgan fingerprint density at radius 1 is 1.65 bits per heavy atom. The number of carbonyl (C=O) groups is 1. The molecule has 0 aliphatic heterocycles. The number of nitrogens with one attached hydrogen (secondary N) is 1. The summed E-state index contributed by atoms with van der Waals surface area (Å²) in [5.74, 6) is -0.654. The molecule has 0 saturated carbocycles. The predicted molar refractivity (Wildman–Crippen MR) is 68.5 cm³/mol. The van der Waals surface area contributed by atoms with Crippen LogP contribution in [0.2, 0.25) is 0 Å². The van der Waals surface area contributed by atoms with Crippen molar-refractivity contribution < 1.29 is 14.6 Å². The molecule has 0 bridgehead atoms. The minimum atomic E-state index is -1.01. The van der Waals surface area contributed by atoms with Crippen molar-refractivity contribution in [2.24, 2.45) is 0 Å². The molecule has 0 aliphatic rings. The number of aromatic nitrogens is 1. The number of anilines is 1. The van der Waals surface area contributed by atoms with Crippen molar-refractivity contribution in [2.45, 2.75) is 20.0 Å². The second-order valence-corrected chi connectivity index (χ2v) is 4.62. The van der Waals surface area contributed by atoms with E-state index in [1.165, 1.54) is 6.07 Å². The Kier molecular flexibility index (Phi) is 5.37. The van der Waals surface area contributed by atoms with Crippen LogP contribution in [0.1, 0.15) is 24.2 Å². The van der Waals surface area contributed by atoms with Gasteiger partial charge < -0.3 is 15.2 Å². The highest BCUT2D eigenvalue weighted by molar-refractivity contribution is 9.10. The van der Waals surface area contributed by atoms with E-state index in [9.17, 15) is 4.79 Å². The third-order valence-electron chi connectivity index (χ3n) is 1.93. The highest BCUT2D eigenvalue weighted by atomic mass is 79.9. The monoisotopic (exact) mass is 302 g/mol. The summed E-state index contributed by atoms with van der Waals surface area (Å²) < 4.78 is 5.98. The molecule has 1 rings (SSSR count). The van der Waals surface area contributed by atoms with Gasteiger partial charge in [-0.25, -0.2) is 9.78 Å². The third-order valence-corrected chi connectivity index (χ3v) is 2.36. The van der Waals surface area contributed by atoms with Crippen LogP contribution in [0, 0.1) is 0 Å². The normalized spacial score (nSPS) is 10.6. The van der Waals surface area contributed by atoms with Crippen LogP contribution in [0.25, 0.3) is 0 Å². The zero-order valence-electron chi connectivity index (χ0n) is 9.74. The van der Waals surface area contributed by atoms with Gasteiger partial charge in [-0.3, -0.25) is 0 Å². The van der Waals surface area contributed by atoms with Crippen molar-refractivity contribution in [3.8, 4) is 0 Å². The minimum Gasteiger partial charge on any atom is -0.478 e. The van der Waals surface area contributed by atoms with E-state index in [0.717, 1.165) is 0 Å². The Hall–Kier alpha value is -1.14. The number of pyridine rings is 1. The Balaban J connectivity index is 2.61. The zero-order valence-corrected chi connectivity index (χ0v) is 11.3. The summed E-state index contributed by atoms with van der Waals surface area (Å²) in [5.41, 5.74) is 0.143. The Morgan fingerprint density at radius 2 is 2.35 bits per heavy atom. The fourth-order valence-corrected chi connectivity index (χ4v) is 1.54. The van der Waals surface area contributed by atoms with Crippen LogP contribution >= 0.6 is 15.9 Å². The third kappa shape index (κ3) is 4.70. The smallest absolute Gasteiger partial charge is 0.339 e. The van der Waals surface area contributed by atoms with Gasteiger partial charge >= 0.3 is 5.97 Å². The Labute approximate surface area is 108 Å². The molecule has 0 aromatic carbocycles. The zero-order chi connectivity index (χ0) is 12.8. The fourth-order valence-electron chi connectivity index (χ4n) is 1.21. The first-order valence-corrected chi connectivity index (χ1v) is 6.04. The molecule has 0 spiro atoms. The van der Waals surface area contributed by atoms with E-state index in [0.29, 0.717) is 23.4 Å². The van der Waals surface area contributed by atoms with Crippen molar-refractivity contribution >= 4 is 27.7 Å². The summed E-state index contributed by atoms with van der Waals surface area (Å²) in [4.78, 5) is 15.0. The highest BCUT2D eigenvalue weighted by Crippen LogP contribution is 2.17. The van der Waals surface area contributed by atoms with Gasteiger partial charge in [0.05, 0.1) is 12.7 Å². The van der Waals surface area contributed by atoms with Gasteiger partial charge in [0.1, 0.15) is 11.4 Å². The predicted octanol–water partition coefficient (Wildman–Crippen LogP) is 2.38. The molecule has 0 aliphatic carbocycles. The molecule has 0 unspecified atom stereocenters. The molecule has 1 heterocycles. The molecule has 0 atom stereocenters. The molecule has 0 amide bonds. The highest BCUT2D eigenvalue weighted by Gasteiger charge is 2.11. The fraction of sp³-hybridized carbons (Fsp3) is 0.455. The molecule has 2 N–H and O–H groups in total. The molecule has 0 saturated heterocycles. The summed E-state index contributed by atoms with van der Waals surface area (Å²) in [6.07, 6.45) is 1.71. The molecule has 6 heteroatoms. The number of halogens is 1. The van der Waals surface area contributed by atoms with Crippen LogP contribution in [0.3, 0.4) is 0 Å². The number of hydrogen-bond donors (Lipinski definition) is 2. The van der Waals surface area contributed by atoms with Crippen molar-refractivity contribution in [1.29, 1.82) is 0 Å². The molecule has 0 radical (unpaired) electrons. The van der Waals surface area contributed by atoms with E-state index in [2.05, 4.69) is 26.2 Å². The Morgan fingerprint density at radius 3 is 2.94 bits per heavy atom. The van der Waals surface area contributed by atoms with Crippen LogP contribution in [-0.2, 0) is 4.74 Å². The summed E-state index contributed by atoms with van der Waals surface area (Å²) in [7, 11) is 0. The number of hydrogen-bond acceptors (Lipinski definition) is 4. The first-order valence-electron chi connectivity index (χ1n) is 5.25. The first-order chi connectivity index (χ1) is 8.00. The molecule has 5 nitrogen and oxygen atoms in total. The number of carboxylic acids is 1. The number of carboxylic acid groups (broad SMARTS) is 1. The van der Waals surface area contributed by atoms with Gasteiger partial charge in [-0.05, 0) is 35.8 Å². The van der Waals surface area contributed by atoms with Crippen LogP contribution in [0.15, 0.2) is 16.7 Å². The lowest BCUT2D eigenvalue weighted by atomic mass is 10.2. The average molecular weight is 303 g/mol. The maximum atomic E-state index is 11.0. The number of rotatable bonds is 6. The summed E-state index contributed by atoms with van der Waals surface area (Å²) in [6, 6.07) is 1.51. The molecule has 1 aromatic heterocycles. The van der Waals surface area contributed by atoms with Crippen LogP contribution in [-0.4, -0.2) is 35.3 Å². The maximum absolute atomic E-state index is 11.0. The van der Waals surface area contributed by atoms with E-state index in [-0.39, 0.29) is 11.7 Å². The van der Waals surface area contributed by atoms with E-state index >= 15 is 0 Å². The molecular formula is C11H15BrN2O3. The van der Waals surface area contributed by atoms with Gasteiger partial charge in [-0.2, -0.15) is 0 Å². The van der Waals surface area contributed by atoms with Gasteiger partial charge in [0.25, 0.3) is 0 Å². The molecule has 17 heavy (non-hydrogen) atoms. The quantitative estimate of drug-likeness (QED) is 0.790. The lowest BCUT2D eigenvalue weighted by molar-refractivity contribution is 0.0696. The van der Waals surface area contributed by atoms with Crippen LogP contribution in [0.4, 0.5) is 5.82 Å². The van der Waals surface area contributed by atoms with Crippen LogP contribution in [0.5, 0.6) is 0 Å². The van der Waals surface area contributed by atoms with Crippen molar-refractivity contribution in [3.63, 3.8) is 0 Å². The molecule has 0 fully saturated rings. The molecule has 1 aromatic rings. The molecular weight excluding hydrogens is 288 g/mol. The van der Waals surface area contributed by atoms with Gasteiger partial charge in [-0.15, -0.1) is 0 Å². The van der Waals surface area contributed by atoms with Gasteiger partial charge in [0.2, 0.25) is 0 Å². The van der Waals surface area contributed by atoms with Crippen molar-refractivity contribution in [1.82, 2.24) is 4.98 Å². The van der Waals surface area contributed by atoms with Crippen molar-refractivity contribution in [3.05, 3.63) is 22.3 Å². The minimum absolute atomic E-state index is 0.143. The first kappa shape index (κ1) is 13.9. The lowest BCUT2D eigenvalue weighted by Gasteiger charge is -2.10. The summed E-state index contributed by atoms with van der Waals surface area (Å²) in [5, 5.41) is 11.9. The largest absolute Gasteiger partial charge is 0.478 e. The van der Waals surface area contributed by atoms with E-state index in [4.69, 9.17) is 9.84 Å². The van der Waals surface area contributed by atoms with E-state index in [1.807, 2.05) is 13.8 Å². The van der Waals surface area contributed by atoms with Crippen molar-refractivity contribution in [2.75, 3.05) is 18.5 Å². The molecule has 94 valence electrons. The lowest BCUT2D eigenvalue weighted by Crippen LogP contribution is -2.15. The van der Waals surface area contributed by atoms with Gasteiger partial charge in [-0.1, -0.05) is 0 Å². The number of ether oxygens (including phenoxy) is 1. The topological polar surface area (TPSA) is 71.5 Å². The maximum Gasteiger partial charge on any atom is 0.339 e. The standard InChI is InChI=1S/C11H15BrN2O3/c1-7(2)17-4-3-13-10-9(11(15)16)5-8(12)6-14-10/h5-7H,3-4H2,1-2H3,(H,13,14)(H,15,16). The summed E-state index contributed by atoms with van der Waals surface area (Å²) in [6.45, 7) is 4.92. The average Bonchev–Trinajstić information content (AvgIpc) is 2.25. The Bertz CT molecular complexity index is 396. The second-order valence-electron chi connectivity index (χ2n) is 3.70. The van der Waals surface area contributed by atoms with Crippen LogP contribution < -0.4 is 5.32 Å². The summed E-state index contributed by atoms with van der Waals surface area (Å²) >= 11 is 3.19. The van der Waals surface area contributed by atoms with E-state index < -0.39 is 5.97 Å². The number of aromatic carboxylic acids is 1. The van der Waals surface area contributed by atoms with Gasteiger partial charge in [0, 0.05) is 17.2 Å².